The van der Waals surface area contributed by atoms with Crippen molar-refractivity contribution in [3.63, 3.8) is 0 Å². The molecule has 2 nitrogen and oxygen atoms in total. The van der Waals surface area contributed by atoms with E-state index in [1.54, 1.807) is 12.2 Å². The summed E-state index contributed by atoms with van der Waals surface area (Å²) < 4.78 is 0. The summed E-state index contributed by atoms with van der Waals surface area (Å²) >= 11 is 0. The third-order valence-corrected chi connectivity index (χ3v) is 1.70. The van der Waals surface area contributed by atoms with Gasteiger partial charge in [0.25, 0.3) is 0 Å². The molecular weight excluding hydrogens is 176 g/mol. The first-order valence-electron chi connectivity index (χ1n) is 4.76. The lowest BCUT2D eigenvalue weighted by Gasteiger charge is -1.95. The smallest absolute Gasteiger partial charge is 0.202 e. The van der Waals surface area contributed by atoms with Gasteiger partial charge in [-0.3, -0.25) is 9.59 Å². The first-order chi connectivity index (χ1) is 6.43. The summed E-state index contributed by atoms with van der Waals surface area (Å²) in [5.41, 5.74) is 2.13. The lowest BCUT2D eigenvalue weighted by molar-refractivity contribution is -0.135. The summed E-state index contributed by atoms with van der Waals surface area (Å²) in [5, 5.41) is 0. The normalized spacial score (nSPS) is 9.14. The van der Waals surface area contributed by atoms with Crippen LogP contribution in [0, 0.1) is 0 Å². The topological polar surface area (TPSA) is 34.1 Å². The molecule has 0 saturated heterocycles. The summed E-state index contributed by atoms with van der Waals surface area (Å²) in [5.74, 6) is -0.604. The Kier molecular flexibility index (Phi) is 5.77. The van der Waals surface area contributed by atoms with Crippen LogP contribution in [0.5, 0.6) is 0 Å². The second-order valence-corrected chi connectivity index (χ2v) is 3.82. The number of hydrogen-bond donors (Lipinski definition) is 0. The van der Waals surface area contributed by atoms with E-state index in [9.17, 15) is 9.59 Å². The summed E-state index contributed by atoms with van der Waals surface area (Å²) in [6, 6.07) is 0. The standard InChI is InChI=1S/C12H18O2/c1-9(2)5-7-11(13)12(14)8-6-10(3)4/h5-6H,7-8H2,1-4H3. The zero-order valence-corrected chi connectivity index (χ0v) is 9.39. The molecule has 0 aromatic carbocycles. The Hall–Kier alpha value is -1.18. The molecule has 0 rings (SSSR count). The Morgan fingerprint density at radius 2 is 1.07 bits per heavy atom. The van der Waals surface area contributed by atoms with Crippen molar-refractivity contribution in [2.24, 2.45) is 0 Å². The molecule has 0 fully saturated rings. The van der Waals surface area contributed by atoms with Gasteiger partial charge in [-0.1, -0.05) is 23.3 Å². The zero-order chi connectivity index (χ0) is 11.1. The second kappa shape index (κ2) is 6.30. The van der Waals surface area contributed by atoms with E-state index in [0.29, 0.717) is 0 Å². The molecule has 0 atom stereocenters. The van der Waals surface area contributed by atoms with E-state index in [-0.39, 0.29) is 24.4 Å². The number of Topliss-reactive ketones (excluding diaryl/α,β-unsaturated/α-hetero) is 2. The fourth-order valence-electron chi connectivity index (χ4n) is 0.821. The minimum absolute atomic E-state index is 0.234. The molecule has 0 aliphatic rings. The lowest BCUT2D eigenvalue weighted by atomic mass is 10.1. The Bertz CT molecular complexity index is 245. The van der Waals surface area contributed by atoms with Gasteiger partial charge in [0.1, 0.15) is 0 Å². The minimum atomic E-state index is -0.302. The predicted molar refractivity (Wildman–Crippen MR) is 58.1 cm³/mol. The molecule has 0 spiro atoms. The van der Waals surface area contributed by atoms with Crippen LogP contribution < -0.4 is 0 Å². The van der Waals surface area contributed by atoms with Crippen molar-refractivity contribution < 1.29 is 9.59 Å². The van der Waals surface area contributed by atoms with E-state index in [4.69, 9.17) is 0 Å². The molecule has 0 amide bonds. The molecule has 0 aliphatic heterocycles. The highest BCUT2D eigenvalue weighted by atomic mass is 16.2. The van der Waals surface area contributed by atoms with Crippen molar-refractivity contribution in [2.75, 3.05) is 0 Å². The SMILES string of the molecule is CC(C)=CCC(=O)C(=O)CC=C(C)C. The molecule has 14 heavy (non-hydrogen) atoms. The highest BCUT2D eigenvalue weighted by Crippen LogP contribution is 1.99. The Morgan fingerprint density at radius 1 is 0.786 bits per heavy atom. The molecule has 0 N–H and O–H groups in total. The van der Waals surface area contributed by atoms with Crippen LogP contribution in [0.2, 0.25) is 0 Å². The summed E-state index contributed by atoms with van der Waals surface area (Å²) in [4.78, 5) is 22.5. The first-order valence-corrected chi connectivity index (χ1v) is 4.76. The summed E-state index contributed by atoms with van der Waals surface area (Å²) in [6.07, 6.45) is 4.03. The van der Waals surface area contributed by atoms with E-state index in [2.05, 4.69) is 0 Å². The number of hydrogen-bond acceptors (Lipinski definition) is 2. The van der Waals surface area contributed by atoms with Crippen molar-refractivity contribution in [3.8, 4) is 0 Å². The van der Waals surface area contributed by atoms with Crippen LogP contribution in [-0.4, -0.2) is 11.6 Å². The van der Waals surface area contributed by atoms with E-state index >= 15 is 0 Å². The van der Waals surface area contributed by atoms with E-state index in [0.717, 1.165) is 11.1 Å². The van der Waals surface area contributed by atoms with Crippen LogP contribution in [0.15, 0.2) is 23.3 Å². The Morgan fingerprint density at radius 3 is 1.29 bits per heavy atom. The van der Waals surface area contributed by atoms with Gasteiger partial charge in [-0.2, -0.15) is 0 Å². The predicted octanol–water partition coefficient (Wildman–Crippen LogP) is 2.84. The van der Waals surface area contributed by atoms with Gasteiger partial charge in [0, 0.05) is 12.8 Å². The van der Waals surface area contributed by atoms with Crippen molar-refractivity contribution >= 4 is 11.6 Å². The van der Waals surface area contributed by atoms with Gasteiger partial charge in [0.15, 0.2) is 0 Å². The van der Waals surface area contributed by atoms with Crippen LogP contribution in [-0.2, 0) is 9.59 Å². The molecule has 2 heteroatoms. The number of rotatable bonds is 5. The number of carbonyl (C=O) groups is 2. The Labute approximate surface area is 85.7 Å². The first kappa shape index (κ1) is 12.8. The van der Waals surface area contributed by atoms with Crippen molar-refractivity contribution in [1.29, 1.82) is 0 Å². The van der Waals surface area contributed by atoms with E-state index in [1.807, 2.05) is 27.7 Å². The maximum atomic E-state index is 11.2. The number of allylic oxidation sites excluding steroid dienone is 4. The van der Waals surface area contributed by atoms with E-state index in [1.165, 1.54) is 0 Å². The van der Waals surface area contributed by atoms with Crippen LogP contribution in [0.1, 0.15) is 40.5 Å². The molecule has 0 unspecified atom stereocenters. The molecule has 0 aromatic heterocycles. The van der Waals surface area contributed by atoms with Crippen LogP contribution in [0.3, 0.4) is 0 Å². The number of ketones is 2. The highest BCUT2D eigenvalue weighted by Gasteiger charge is 2.09. The maximum absolute atomic E-state index is 11.2. The monoisotopic (exact) mass is 194 g/mol. The average molecular weight is 194 g/mol. The third kappa shape index (κ3) is 6.35. The molecule has 0 bridgehead atoms. The molecule has 78 valence electrons. The van der Waals surface area contributed by atoms with Gasteiger partial charge in [-0.15, -0.1) is 0 Å². The van der Waals surface area contributed by atoms with E-state index < -0.39 is 0 Å². The van der Waals surface area contributed by atoms with Gasteiger partial charge in [-0.05, 0) is 27.7 Å². The van der Waals surface area contributed by atoms with Crippen LogP contribution in [0.4, 0.5) is 0 Å². The molecule has 0 aromatic rings. The largest absolute Gasteiger partial charge is 0.291 e. The summed E-state index contributed by atoms with van der Waals surface area (Å²) in [6.45, 7) is 7.64. The second-order valence-electron chi connectivity index (χ2n) is 3.82. The molecule has 0 heterocycles. The summed E-state index contributed by atoms with van der Waals surface area (Å²) in [7, 11) is 0. The van der Waals surface area contributed by atoms with Gasteiger partial charge in [0.2, 0.25) is 11.6 Å². The van der Waals surface area contributed by atoms with Gasteiger partial charge >= 0.3 is 0 Å². The van der Waals surface area contributed by atoms with Crippen molar-refractivity contribution in [2.45, 2.75) is 40.5 Å². The van der Waals surface area contributed by atoms with Crippen LogP contribution >= 0.6 is 0 Å². The zero-order valence-electron chi connectivity index (χ0n) is 9.39. The van der Waals surface area contributed by atoms with Gasteiger partial charge in [0.05, 0.1) is 0 Å². The quantitative estimate of drug-likeness (QED) is 0.498. The molecular formula is C12H18O2. The van der Waals surface area contributed by atoms with Crippen LogP contribution in [0.25, 0.3) is 0 Å². The lowest BCUT2D eigenvalue weighted by Crippen LogP contribution is -2.11. The highest BCUT2D eigenvalue weighted by molar-refractivity contribution is 6.37. The number of carbonyl (C=O) groups excluding carboxylic acids is 2. The maximum Gasteiger partial charge on any atom is 0.202 e. The fourth-order valence-corrected chi connectivity index (χ4v) is 0.821. The molecule has 0 saturated carbocycles. The van der Waals surface area contributed by atoms with Crippen molar-refractivity contribution in [3.05, 3.63) is 23.3 Å². The molecule has 0 aliphatic carbocycles. The van der Waals surface area contributed by atoms with Crippen molar-refractivity contribution in [1.82, 2.24) is 0 Å². The van der Waals surface area contributed by atoms with Gasteiger partial charge < -0.3 is 0 Å². The van der Waals surface area contributed by atoms with Gasteiger partial charge in [-0.25, -0.2) is 0 Å². The fraction of sp³-hybridized carbons (Fsp3) is 0.500. The Balaban J connectivity index is 4.08. The third-order valence-electron chi connectivity index (χ3n) is 1.70. The minimum Gasteiger partial charge on any atom is -0.291 e. The average Bonchev–Trinajstić information content (AvgIpc) is 2.09. The molecule has 0 radical (unpaired) electrons.